The Labute approximate surface area is 173 Å². The molecule has 3 aromatic rings. The molecule has 0 aliphatic heterocycles. The summed E-state index contributed by atoms with van der Waals surface area (Å²) >= 11 is 1.29. The molecule has 2 aromatic heterocycles. The van der Waals surface area contributed by atoms with Crippen molar-refractivity contribution in [1.82, 2.24) is 20.0 Å². The first-order valence-electron chi connectivity index (χ1n) is 8.95. The largest absolute Gasteiger partial charge is 0.296 e. The minimum Gasteiger partial charge on any atom is -0.296 e. The van der Waals surface area contributed by atoms with Crippen LogP contribution >= 0.6 is 11.3 Å². The van der Waals surface area contributed by atoms with E-state index in [1.165, 1.54) is 41.4 Å². The number of carbonyl (C=O) groups is 1. The number of aryl methyl sites for hydroxylation is 3. The van der Waals surface area contributed by atoms with Crippen molar-refractivity contribution in [2.45, 2.75) is 31.6 Å². The van der Waals surface area contributed by atoms with E-state index in [1.807, 2.05) is 13.8 Å². The van der Waals surface area contributed by atoms with E-state index in [9.17, 15) is 13.2 Å². The number of hydrogen-bond acceptors (Lipinski definition) is 7. The van der Waals surface area contributed by atoms with Crippen LogP contribution in [-0.4, -0.2) is 41.4 Å². The fourth-order valence-corrected chi connectivity index (χ4v) is 4.81. The SMILES string of the molecule is CCCc1nnc(NC(=O)c2cnn(C)c2N(C)S(=O)(=O)c2ccc(C)cc2)s1. The second-order valence-electron chi connectivity index (χ2n) is 6.50. The number of hydrogen-bond donors (Lipinski definition) is 1. The molecule has 0 saturated heterocycles. The summed E-state index contributed by atoms with van der Waals surface area (Å²) in [6.45, 7) is 3.91. The zero-order valence-corrected chi connectivity index (χ0v) is 18.2. The number of aromatic nitrogens is 4. The average molecular weight is 435 g/mol. The highest BCUT2D eigenvalue weighted by atomic mass is 32.2. The molecular formula is C18H22N6O3S2. The quantitative estimate of drug-likeness (QED) is 0.612. The van der Waals surface area contributed by atoms with Gasteiger partial charge in [0.25, 0.3) is 15.9 Å². The molecule has 0 fully saturated rings. The summed E-state index contributed by atoms with van der Waals surface area (Å²) in [6.07, 6.45) is 3.04. The molecule has 11 heteroatoms. The van der Waals surface area contributed by atoms with Crippen molar-refractivity contribution in [3.05, 3.63) is 46.6 Å². The summed E-state index contributed by atoms with van der Waals surface area (Å²) in [6, 6.07) is 6.52. The van der Waals surface area contributed by atoms with Crippen molar-refractivity contribution in [2.75, 3.05) is 16.7 Å². The van der Waals surface area contributed by atoms with Gasteiger partial charge < -0.3 is 0 Å². The van der Waals surface area contributed by atoms with E-state index in [-0.39, 0.29) is 16.3 Å². The van der Waals surface area contributed by atoms with Gasteiger partial charge in [-0.3, -0.25) is 19.1 Å². The Morgan fingerprint density at radius 1 is 1.24 bits per heavy atom. The fraction of sp³-hybridized carbons (Fsp3) is 0.333. The predicted molar refractivity (Wildman–Crippen MR) is 112 cm³/mol. The van der Waals surface area contributed by atoms with Crippen LogP contribution in [0.5, 0.6) is 0 Å². The molecule has 1 amide bonds. The summed E-state index contributed by atoms with van der Waals surface area (Å²) in [5.74, 6) is -0.348. The minimum absolute atomic E-state index is 0.123. The summed E-state index contributed by atoms with van der Waals surface area (Å²) in [7, 11) is -0.889. The first kappa shape index (κ1) is 20.9. The number of sulfonamides is 1. The lowest BCUT2D eigenvalue weighted by Gasteiger charge is -2.20. The maximum absolute atomic E-state index is 13.0. The third kappa shape index (κ3) is 4.30. The van der Waals surface area contributed by atoms with Gasteiger partial charge in [0.1, 0.15) is 10.6 Å². The smallest absolute Gasteiger partial charge is 0.265 e. The molecule has 29 heavy (non-hydrogen) atoms. The Hall–Kier alpha value is -2.79. The molecule has 0 saturated carbocycles. The second kappa shape index (κ2) is 8.29. The van der Waals surface area contributed by atoms with Gasteiger partial charge in [0.15, 0.2) is 5.82 Å². The Morgan fingerprint density at radius 2 is 1.93 bits per heavy atom. The van der Waals surface area contributed by atoms with Gasteiger partial charge in [-0.05, 0) is 25.5 Å². The standard InChI is InChI=1S/C18H22N6O3S2/c1-5-6-15-21-22-18(28-15)20-16(25)14-11-19-23(3)17(14)24(4)29(26,27)13-9-7-12(2)8-10-13/h7-11H,5-6H2,1-4H3,(H,20,22,25). The molecule has 1 N–H and O–H groups in total. The molecule has 0 radical (unpaired) electrons. The third-order valence-corrected chi connectivity index (χ3v) is 6.94. The maximum Gasteiger partial charge on any atom is 0.265 e. The Kier molecular flexibility index (Phi) is 5.99. The molecule has 2 heterocycles. The van der Waals surface area contributed by atoms with Crippen molar-refractivity contribution in [2.24, 2.45) is 7.05 Å². The lowest BCUT2D eigenvalue weighted by Crippen LogP contribution is -2.30. The zero-order chi connectivity index (χ0) is 21.2. The second-order valence-corrected chi connectivity index (χ2v) is 9.53. The Bertz CT molecular complexity index is 1120. The minimum atomic E-state index is -3.87. The summed E-state index contributed by atoms with van der Waals surface area (Å²) in [5.41, 5.74) is 1.07. The Morgan fingerprint density at radius 3 is 2.59 bits per heavy atom. The molecule has 0 spiro atoms. The third-order valence-electron chi connectivity index (χ3n) is 4.28. The van der Waals surface area contributed by atoms with Gasteiger partial charge >= 0.3 is 0 Å². The van der Waals surface area contributed by atoms with Crippen LogP contribution in [-0.2, 0) is 23.5 Å². The van der Waals surface area contributed by atoms with Crippen LogP contribution in [0.4, 0.5) is 10.9 Å². The van der Waals surface area contributed by atoms with Gasteiger partial charge in [-0.25, -0.2) is 8.42 Å². The molecule has 0 atom stereocenters. The van der Waals surface area contributed by atoms with Crippen molar-refractivity contribution >= 4 is 38.2 Å². The molecule has 0 bridgehead atoms. The van der Waals surface area contributed by atoms with Gasteiger partial charge in [0, 0.05) is 20.5 Å². The van der Waals surface area contributed by atoms with E-state index < -0.39 is 15.9 Å². The number of amides is 1. The van der Waals surface area contributed by atoms with Crippen molar-refractivity contribution in [1.29, 1.82) is 0 Å². The summed E-state index contributed by atoms with van der Waals surface area (Å²) < 4.78 is 28.5. The topological polar surface area (TPSA) is 110 Å². The van der Waals surface area contributed by atoms with Crippen LogP contribution in [0.25, 0.3) is 0 Å². The highest BCUT2D eigenvalue weighted by Gasteiger charge is 2.29. The van der Waals surface area contributed by atoms with Gasteiger partial charge in [-0.2, -0.15) is 5.10 Å². The molecule has 9 nitrogen and oxygen atoms in total. The number of benzene rings is 1. The Balaban J connectivity index is 1.89. The lowest BCUT2D eigenvalue weighted by molar-refractivity contribution is 0.102. The van der Waals surface area contributed by atoms with Crippen molar-refractivity contribution < 1.29 is 13.2 Å². The lowest BCUT2D eigenvalue weighted by atomic mass is 10.2. The normalized spacial score (nSPS) is 11.4. The van der Waals surface area contributed by atoms with Crippen LogP contribution in [0.3, 0.4) is 0 Å². The van der Waals surface area contributed by atoms with Crippen LogP contribution in [0, 0.1) is 6.92 Å². The monoisotopic (exact) mass is 434 g/mol. The molecule has 0 unspecified atom stereocenters. The fourth-order valence-electron chi connectivity index (χ4n) is 2.73. The van der Waals surface area contributed by atoms with Crippen LogP contribution < -0.4 is 9.62 Å². The summed E-state index contributed by atoms with van der Waals surface area (Å²) in [4.78, 5) is 12.9. The van der Waals surface area contributed by atoms with Crippen LogP contribution in [0.1, 0.15) is 34.3 Å². The van der Waals surface area contributed by atoms with E-state index in [0.29, 0.717) is 5.13 Å². The molecule has 0 aliphatic carbocycles. The van der Waals surface area contributed by atoms with E-state index in [2.05, 4.69) is 20.6 Å². The number of rotatable bonds is 7. The maximum atomic E-state index is 13.0. The molecule has 1 aromatic carbocycles. The molecule has 154 valence electrons. The number of nitrogens with one attached hydrogen (secondary N) is 1. The highest BCUT2D eigenvalue weighted by molar-refractivity contribution is 7.92. The zero-order valence-electron chi connectivity index (χ0n) is 16.6. The van der Waals surface area contributed by atoms with Crippen LogP contribution in [0.15, 0.2) is 35.4 Å². The van der Waals surface area contributed by atoms with E-state index >= 15 is 0 Å². The molecule has 3 rings (SSSR count). The number of anilines is 2. The first-order chi connectivity index (χ1) is 13.7. The van der Waals surface area contributed by atoms with Crippen LogP contribution in [0.2, 0.25) is 0 Å². The van der Waals surface area contributed by atoms with E-state index in [1.54, 1.807) is 19.2 Å². The van der Waals surface area contributed by atoms with Crippen molar-refractivity contribution in [3.8, 4) is 0 Å². The van der Waals surface area contributed by atoms with E-state index in [4.69, 9.17) is 0 Å². The first-order valence-corrected chi connectivity index (χ1v) is 11.2. The van der Waals surface area contributed by atoms with Gasteiger partial charge in [-0.15, -0.1) is 10.2 Å². The van der Waals surface area contributed by atoms with Gasteiger partial charge in [0.05, 0.1) is 11.1 Å². The van der Waals surface area contributed by atoms with Crippen molar-refractivity contribution in [3.63, 3.8) is 0 Å². The summed E-state index contributed by atoms with van der Waals surface area (Å²) in [5, 5.41) is 15.9. The van der Waals surface area contributed by atoms with E-state index in [0.717, 1.165) is 27.7 Å². The van der Waals surface area contributed by atoms with Gasteiger partial charge in [-0.1, -0.05) is 36.0 Å². The molecular weight excluding hydrogens is 412 g/mol. The number of carbonyl (C=O) groups excluding carboxylic acids is 1. The number of nitrogens with zero attached hydrogens (tertiary/aromatic N) is 5. The predicted octanol–water partition coefficient (Wildman–Crippen LogP) is 2.61. The average Bonchev–Trinajstić information content (AvgIpc) is 3.28. The van der Waals surface area contributed by atoms with Gasteiger partial charge in [0.2, 0.25) is 5.13 Å². The highest BCUT2D eigenvalue weighted by Crippen LogP contribution is 2.26. The molecule has 0 aliphatic rings.